The Balaban J connectivity index is 2.07. The van der Waals surface area contributed by atoms with Crippen LogP contribution >= 0.6 is 11.3 Å². The highest BCUT2D eigenvalue weighted by molar-refractivity contribution is 7.23. The molecule has 3 rings (SSSR count). The monoisotopic (exact) mass is 276 g/mol. The number of anilines is 1. The second-order valence-corrected chi connectivity index (χ2v) is 6.87. The van der Waals surface area contributed by atoms with Gasteiger partial charge in [0.05, 0.1) is 21.4 Å². The Kier molecular flexibility index (Phi) is 2.68. The molecule has 19 heavy (non-hydrogen) atoms. The molecule has 0 atom stereocenters. The molecule has 2 aromatic rings. The van der Waals surface area contributed by atoms with Gasteiger partial charge in [0, 0.05) is 5.46 Å². The van der Waals surface area contributed by atoms with E-state index in [-0.39, 0.29) is 18.3 Å². The van der Waals surface area contributed by atoms with Crippen LogP contribution in [0.3, 0.4) is 0 Å². The van der Waals surface area contributed by atoms with Crippen molar-refractivity contribution in [1.82, 2.24) is 4.98 Å². The maximum Gasteiger partial charge on any atom is 0.496 e. The Hall–Kier alpha value is -1.11. The minimum absolute atomic E-state index is 0.337. The Morgan fingerprint density at radius 2 is 1.79 bits per heavy atom. The number of nitrogens with zero attached hydrogens (tertiary/aromatic N) is 1. The molecule has 0 radical (unpaired) electrons. The third kappa shape index (κ3) is 1.95. The van der Waals surface area contributed by atoms with Crippen molar-refractivity contribution >= 4 is 39.3 Å². The van der Waals surface area contributed by atoms with Crippen LogP contribution in [0, 0.1) is 0 Å². The van der Waals surface area contributed by atoms with Gasteiger partial charge in [-0.15, -0.1) is 0 Å². The van der Waals surface area contributed by atoms with E-state index < -0.39 is 0 Å². The molecule has 1 saturated heterocycles. The fraction of sp³-hybridized carbons (Fsp3) is 0.462. The smallest absolute Gasteiger partial charge is 0.399 e. The predicted octanol–water partition coefficient (Wildman–Crippen LogP) is 2.18. The van der Waals surface area contributed by atoms with Crippen LogP contribution in [0.5, 0.6) is 0 Å². The van der Waals surface area contributed by atoms with E-state index in [4.69, 9.17) is 15.0 Å². The van der Waals surface area contributed by atoms with Crippen LogP contribution in [0.1, 0.15) is 27.7 Å². The molecule has 0 amide bonds. The Bertz CT molecular complexity index is 623. The van der Waals surface area contributed by atoms with E-state index >= 15 is 0 Å². The van der Waals surface area contributed by atoms with Gasteiger partial charge in [0.1, 0.15) is 0 Å². The average Bonchev–Trinajstić information content (AvgIpc) is 2.75. The summed E-state index contributed by atoms with van der Waals surface area (Å²) in [5.74, 6) is 0. The standard InChI is InChI=1S/C13H17BN2O2S/c1-12(2)13(3,4)18-14(17-12)8-6-5-7-9-10(8)19-11(15)16-9/h5-7H,1-4H3,(H2,15,16). The van der Waals surface area contributed by atoms with Crippen LogP contribution in [-0.4, -0.2) is 23.3 Å². The molecule has 0 bridgehead atoms. The number of benzene rings is 1. The summed E-state index contributed by atoms with van der Waals surface area (Å²) in [6, 6.07) is 5.93. The molecule has 1 aliphatic heterocycles. The third-order valence-corrected chi connectivity index (χ3v) is 4.92. The van der Waals surface area contributed by atoms with Gasteiger partial charge in [-0.25, -0.2) is 4.98 Å². The molecule has 6 heteroatoms. The first-order valence-electron chi connectivity index (χ1n) is 6.31. The Morgan fingerprint density at radius 1 is 1.16 bits per heavy atom. The van der Waals surface area contributed by atoms with Gasteiger partial charge in [-0.3, -0.25) is 0 Å². The van der Waals surface area contributed by atoms with Crippen LogP contribution in [0.25, 0.3) is 10.2 Å². The highest BCUT2D eigenvalue weighted by atomic mass is 32.1. The number of hydrogen-bond donors (Lipinski definition) is 1. The van der Waals surface area contributed by atoms with Gasteiger partial charge in [0.25, 0.3) is 0 Å². The molecular formula is C13H17BN2O2S. The van der Waals surface area contributed by atoms with Crippen molar-refractivity contribution in [3.8, 4) is 0 Å². The molecule has 4 nitrogen and oxygen atoms in total. The first-order chi connectivity index (χ1) is 8.80. The summed E-state index contributed by atoms with van der Waals surface area (Å²) in [6.07, 6.45) is 0. The normalized spacial score (nSPS) is 21.2. The van der Waals surface area contributed by atoms with E-state index in [1.165, 1.54) is 11.3 Å². The summed E-state index contributed by atoms with van der Waals surface area (Å²) in [7, 11) is -0.367. The minimum Gasteiger partial charge on any atom is -0.399 e. The molecule has 2 heterocycles. The molecule has 0 saturated carbocycles. The summed E-state index contributed by atoms with van der Waals surface area (Å²) in [6.45, 7) is 8.20. The SMILES string of the molecule is CC1(C)OB(c2cccc3nc(N)sc23)OC1(C)C. The second-order valence-electron chi connectivity index (χ2n) is 5.84. The molecule has 2 N–H and O–H groups in total. The van der Waals surface area contributed by atoms with Crippen molar-refractivity contribution in [2.45, 2.75) is 38.9 Å². The van der Waals surface area contributed by atoms with Crippen molar-refractivity contribution in [3.05, 3.63) is 18.2 Å². The molecule has 1 aliphatic rings. The minimum atomic E-state index is -0.367. The van der Waals surface area contributed by atoms with Gasteiger partial charge in [-0.05, 0) is 33.8 Å². The van der Waals surface area contributed by atoms with Crippen LogP contribution in [0.4, 0.5) is 5.13 Å². The van der Waals surface area contributed by atoms with Crippen molar-refractivity contribution in [3.63, 3.8) is 0 Å². The summed E-state index contributed by atoms with van der Waals surface area (Å²) < 4.78 is 13.2. The summed E-state index contributed by atoms with van der Waals surface area (Å²) in [4.78, 5) is 4.30. The van der Waals surface area contributed by atoms with Gasteiger partial charge < -0.3 is 15.0 Å². The quantitative estimate of drug-likeness (QED) is 0.811. The topological polar surface area (TPSA) is 57.4 Å². The van der Waals surface area contributed by atoms with E-state index in [0.717, 1.165) is 15.7 Å². The Labute approximate surface area is 117 Å². The van der Waals surface area contributed by atoms with Crippen LogP contribution in [-0.2, 0) is 9.31 Å². The van der Waals surface area contributed by atoms with E-state index in [2.05, 4.69) is 4.98 Å². The number of thiazole rings is 1. The molecule has 0 spiro atoms. The average molecular weight is 276 g/mol. The molecule has 1 aromatic carbocycles. The lowest BCUT2D eigenvalue weighted by atomic mass is 9.79. The maximum atomic E-state index is 6.08. The van der Waals surface area contributed by atoms with E-state index in [9.17, 15) is 0 Å². The summed E-state index contributed by atoms with van der Waals surface area (Å²) in [5, 5.41) is 0.568. The van der Waals surface area contributed by atoms with Crippen molar-refractivity contribution in [2.24, 2.45) is 0 Å². The number of nitrogens with two attached hydrogens (primary N) is 1. The van der Waals surface area contributed by atoms with E-state index in [0.29, 0.717) is 5.13 Å². The van der Waals surface area contributed by atoms with Gasteiger partial charge in [-0.2, -0.15) is 0 Å². The molecule has 0 aliphatic carbocycles. The predicted molar refractivity (Wildman–Crippen MR) is 79.7 cm³/mol. The van der Waals surface area contributed by atoms with Crippen LogP contribution in [0.2, 0.25) is 0 Å². The van der Waals surface area contributed by atoms with Crippen LogP contribution in [0.15, 0.2) is 18.2 Å². The third-order valence-electron chi connectivity index (χ3n) is 3.97. The molecule has 100 valence electrons. The first kappa shape index (κ1) is 12.9. The Morgan fingerprint density at radius 3 is 2.42 bits per heavy atom. The fourth-order valence-electron chi connectivity index (χ4n) is 2.14. The van der Waals surface area contributed by atoms with Gasteiger partial charge >= 0.3 is 7.12 Å². The number of hydrogen-bond acceptors (Lipinski definition) is 5. The second kappa shape index (κ2) is 3.94. The van der Waals surface area contributed by atoms with Crippen LogP contribution < -0.4 is 11.2 Å². The lowest BCUT2D eigenvalue weighted by molar-refractivity contribution is 0.00578. The van der Waals surface area contributed by atoms with Gasteiger partial charge in [-0.1, -0.05) is 23.5 Å². The van der Waals surface area contributed by atoms with Gasteiger partial charge in [0.2, 0.25) is 0 Å². The number of rotatable bonds is 1. The lowest BCUT2D eigenvalue weighted by Crippen LogP contribution is -2.41. The van der Waals surface area contributed by atoms with E-state index in [1.54, 1.807) is 0 Å². The molecule has 1 aromatic heterocycles. The van der Waals surface area contributed by atoms with Gasteiger partial charge in [0.15, 0.2) is 5.13 Å². The maximum absolute atomic E-state index is 6.08. The molecule has 1 fully saturated rings. The number of aromatic nitrogens is 1. The molecular weight excluding hydrogens is 259 g/mol. The zero-order valence-electron chi connectivity index (χ0n) is 11.6. The fourth-order valence-corrected chi connectivity index (χ4v) is 3.00. The zero-order chi connectivity index (χ0) is 13.8. The highest BCUT2D eigenvalue weighted by Crippen LogP contribution is 2.37. The van der Waals surface area contributed by atoms with Crippen molar-refractivity contribution < 1.29 is 9.31 Å². The lowest BCUT2D eigenvalue weighted by Gasteiger charge is -2.32. The number of fused-ring (bicyclic) bond motifs is 1. The first-order valence-corrected chi connectivity index (χ1v) is 7.12. The highest BCUT2D eigenvalue weighted by Gasteiger charge is 2.52. The summed E-state index contributed by atoms with van der Waals surface area (Å²) >= 11 is 1.47. The van der Waals surface area contributed by atoms with E-state index in [1.807, 2.05) is 45.9 Å². The van der Waals surface area contributed by atoms with Crippen molar-refractivity contribution in [2.75, 3.05) is 5.73 Å². The largest absolute Gasteiger partial charge is 0.496 e. The number of nitrogen functional groups attached to an aromatic ring is 1. The zero-order valence-corrected chi connectivity index (χ0v) is 12.4. The molecule has 0 unspecified atom stereocenters. The van der Waals surface area contributed by atoms with Crippen molar-refractivity contribution in [1.29, 1.82) is 0 Å². The summed E-state index contributed by atoms with van der Waals surface area (Å²) in [5.41, 5.74) is 7.02.